The maximum atomic E-state index is 3.89. The molecule has 0 spiro atoms. The van der Waals surface area contributed by atoms with E-state index >= 15 is 0 Å². The Labute approximate surface area is 108 Å². The van der Waals surface area contributed by atoms with Crippen LogP contribution >= 0.6 is 0 Å². The van der Waals surface area contributed by atoms with Gasteiger partial charge in [0.1, 0.15) is 0 Å². The molecular weight excluding hydrogens is 206 g/mol. The van der Waals surface area contributed by atoms with E-state index in [1.165, 1.54) is 64.3 Å². The van der Waals surface area contributed by atoms with Gasteiger partial charge in [0.15, 0.2) is 0 Å². The van der Waals surface area contributed by atoms with Crippen LogP contribution in [-0.4, -0.2) is 12.6 Å². The van der Waals surface area contributed by atoms with Crippen LogP contribution in [0.25, 0.3) is 0 Å². The van der Waals surface area contributed by atoms with Gasteiger partial charge in [0.25, 0.3) is 0 Å². The van der Waals surface area contributed by atoms with Crippen LogP contribution in [0.15, 0.2) is 0 Å². The van der Waals surface area contributed by atoms with Gasteiger partial charge in [-0.3, -0.25) is 0 Å². The van der Waals surface area contributed by atoms with Gasteiger partial charge in [0.2, 0.25) is 0 Å². The van der Waals surface area contributed by atoms with E-state index in [0.717, 1.165) is 23.8 Å². The molecule has 3 atom stereocenters. The van der Waals surface area contributed by atoms with Crippen molar-refractivity contribution in [3.05, 3.63) is 0 Å². The van der Waals surface area contributed by atoms with Gasteiger partial charge in [0.05, 0.1) is 0 Å². The largest absolute Gasteiger partial charge is 0.313 e. The molecule has 100 valence electrons. The van der Waals surface area contributed by atoms with Crippen molar-refractivity contribution in [3.8, 4) is 0 Å². The molecule has 0 amide bonds. The molecule has 2 aliphatic rings. The summed E-state index contributed by atoms with van der Waals surface area (Å²) in [7, 11) is 0. The first-order valence-electron chi connectivity index (χ1n) is 8.08. The number of nitrogens with one attached hydrogen (secondary N) is 1. The van der Waals surface area contributed by atoms with E-state index in [1.54, 1.807) is 0 Å². The SMILES string of the molecule is CCCNC(C1CCC1)C1CCCC(CC)C1. The minimum atomic E-state index is 0.859. The highest BCUT2D eigenvalue weighted by Gasteiger charge is 2.34. The third-order valence-corrected chi connectivity index (χ3v) is 5.20. The smallest absolute Gasteiger partial charge is 0.0124 e. The Hall–Kier alpha value is -0.0400. The summed E-state index contributed by atoms with van der Waals surface area (Å²) in [5.41, 5.74) is 0. The van der Waals surface area contributed by atoms with Crippen LogP contribution in [0, 0.1) is 17.8 Å². The van der Waals surface area contributed by atoms with Crippen LogP contribution in [0.4, 0.5) is 0 Å². The van der Waals surface area contributed by atoms with E-state index in [0.29, 0.717) is 0 Å². The Balaban J connectivity index is 1.88. The van der Waals surface area contributed by atoms with E-state index in [-0.39, 0.29) is 0 Å². The molecule has 2 fully saturated rings. The summed E-state index contributed by atoms with van der Waals surface area (Å²) in [6.45, 7) is 5.90. The summed E-state index contributed by atoms with van der Waals surface area (Å²) >= 11 is 0. The zero-order valence-corrected chi connectivity index (χ0v) is 11.9. The maximum absolute atomic E-state index is 3.89. The highest BCUT2D eigenvalue weighted by molar-refractivity contribution is 4.90. The summed E-state index contributed by atoms with van der Waals surface area (Å²) < 4.78 is 0. The molecule has 2 saturated carbocycles. The summed E-state index contributed by atoms with van der Waals surface area (Å²) in [4.78, 5) is 0. The molecule has 0 aromatic heterocycles. The highest BCUT2D eigenvalue weighted by Crippen LogP contribution is 2.40. The van der Waals surface area contributed by atoms with Crippen molar-refractivity contribution in [3.63, 3.8) is 0 Å². The lowest BCUT2D eigenvalue weighted by Gasteiger charge is -2.42. The Kier molecular flexibility index (Phi) is 5.34. The normalized spacial score (nSPS) is 32.1. The molecule has 0 bridgehead atoms. The van der Waals surface area contributed by atoms with Gasteiger partial charge in [-0.1, -0.05) is 39.5 Å². The quantitative estimate of drug-likeness (QED) is 0.723. The molecule has 0 aliphatic heterocycles. The molecule has 17 heavy (non-hydrogen) atoms. The minimum Gasteiger partial charge on any atom is -0.313 e. The summed E-state index contributed by atoms with van der Waals surface area (Å²) in [5, 5.41) is 3.89. The van der Waals surface area contributed by atoms with Crippen LogP contribution in [0.1, 0.15) is 71.6 Å². The minimum absolute atomic E-state index is 0.859. The Morgan fingerprint density at radius 2 is 1.71 bits per heavy atom. The van der Waals surface area contributed by atoms with E-state index in [1.807, 2.05) is 0 Å². The molecule has 0 aromatic carbocycles. The topological polar surface area (TPSA) is 12.0 Å². The zero-order valence-electron chi connectivity index (χ0n) is 11.9. The molecule has 1 nitrogen and oxygen atoms in total. The van der Waals surface area contributed by atoms with Crippen LogP contribution < -0.4 is 5.32 Å². The van der Waals surface area contributed by atoms with Crippen LogP contribution in [0.2, 0.25) is 0 Å². The third kappa shape index (κ3) is 3.47. The summed E-state index contributed by atoms with van der Waals surface area (Å²) in [6.07, 6.45) is 13.2. The highest BCUT2D eigenvalue weighted by atomic mass is 14.9. The monoisotopic (exact) mass is 237 g/mol. The predicted octanol–water partition coefficient (Wildman–Crippen LogP) is 4.37. The van der Waals surface area contributed by atoms with Gasteiger partial charge in [-0.15, -0.1) is 0 Å². The lowest BCUT2D eigenvalue weighted by atomic mass is 9.68. The summed E-state index contributed by atoms with van der Waals surface area (Å²) in [6, 6.07) is 0.859. The third-order valence-electron chi connectivity index (χ3n) is 5.20. The second-order valence-electron chi connectivity index (χ2n) is 6.37. The predicted molar refractivity (Wildman–Crippen MR) is 75.2 cm³/mol. The van der Waals surface area contributed by atoms with Crippen molar-refractivity contribution in [2.75, 3.05) is 6.54 Å². The van der Waals surface area contributed by atoms with Gasteiger partial charge >= 0.3 is 0 Å². The van der Waals surface area contributed by atoms with Crippen molar-refractivity contribution in [2.45, 2.75) is 77.7 Å². The second-order valence-corrected chi connectivity index (χ2v) is 6.37. The van der Waals surface area contributed by atoms with Crippen molar-refractivity contribution in [2.24, 2.45) is 17.8 Å². The molecule has 2 rings (SSSR count). The maximum Gasteiger partial charge on any atom is 0.0124 e. The fourth-order valence-electron chi connectivity index (χ4n) is 3.86. The molecule has 3 unspecified atom stereocenters. The molecule has 0 saturated heterocycles. The van der Waals surface area contributed by atoms with Crippen molar-refractivity contribution < 1.29 is 0 Å². The molecule has 0 radical (unpaired) electrons. The van der Waals surface area contributed by atoms with Gasteiger partial charge < -0.3 is 5.32 Å². The van der Waals surface area contributed by atoms with Crippen molar-refractivity contribution in [1.29, 1.82) is 0 Å². The average molecular weight is 237 g/mol. The van der Waals surface area contributed by atoms with Gasteiger partial charge in [-0.05, 0) is 56.4 Å². The number of hydrogen-bond donors (Lipinski definition) is 1. The van der Waals surface area contributed by atoms with E-state index < -0.39 is 0 Å². The van der Waals surface area contributed by atoms with Gasteiger partial charge in [-0.25, -0.2) is 0 Å². The van der Waals surface area contributed by atoms with E-state index in [4.69, 9.17) is 0 Å². The number of rotatable bonds is 6. The summed E-state index contributed by atoms with van der Waals surface area (Å²) in [5.74, 6) is 3.03. The van der Waals surface area contributed by atoms with Crippen LogP contribution in [0.5, 0.6) is 0 Å². The van der Waals surface area contributed by atoms with Gasteiger partial charge in [0, 0.05) is 6.04 Å². The fraction of sp³-hybridized carbons (Fsp3) is 1.00. The Bertz CT molecular complexity index is 210. The lowest BCUT2D eigenvalue weighted by Crippen LogP contribution is -2.46. The molecular formula is C16H31N. The fourth-order valence-corrected chi connectivity index (χ4v) is 3.86. The van der Waals surface area contributed by atoms with Crippen LogP contribution in [-0.2, 0) is 0 Å². The first-order chi connectivity index (χ1) is 8.35. The van der Waals surface area contributed by atoms with Crippen molar-refractivity contribution >= 4 is 0 Å². The zero-order chi connectivity index (χ0) is 12.1. The molecule has 1 heteroatoms. The molecule has 0 aromatic rings. The van der Waals surface area contributed by atoms with E-state index in [9.17, 15) is 0 Å². The molecule has 2 aliphatic carbocycles. The molecule has 0 heterocycles. The number of hydrogen-bond acceptors (Lipinski definition) is 1. The average Bonchev–Trinajstić information content (AvgIpc) is 2.32. The standard InChI is InChI=1S/C16H31N/c1-3-11-17-16(14-8-6-9-14)15-10-5-7-13(4-2)12-15/h13-17H,3-12H2,1-2H3. The Morgan fingerprint density at radius 1 is 1.00 bits per heavy atom. The van der Waals surface area contributed by atoms with Gasteiger partial charge in [-0.2, -0.15) is 0 Å². The first-order valence-corrected chi connectivity index (χ1v) is 8.08. The second kappa shape index (κ2) is 6.78. The molecule has 1 N–H and O–H groups in total. The van der Waals surface area contributed by atoms with Crippen LogP contribution in [0.3, 0.4) is 0 Å². The van der Waals surface area contributed by atoms with E-state index in [2.05, 4.69) is 19.2 Å². The van der Waals surface area contributed by atoms with Crippen molar-refractivity contribution in [1.82, 2.24) is 5.32 Å². The lowest BCUT2D eigenvalue weighted by molar-refractivity contribution is 0.125. The Morgan fingerprint density at radius 3 is 2.29 bits per heavy atom. The first kappa shape index (κ1) is 13.4.